The van der Waals surface area contributed by atoms with Gasteiger partial charge in [-0.3, -0.25) is 13.9 Å². The molecule has 3 rings (SSSR count). The minimum Gasteiger partial charge on any atom is -0.352 e. The fourth-order valence-corrected chi connectivity index (χ4v) is 5.39. The maximum Gasteiger partial charge on any atom is 0.244 e. The van der Waals surface area contributed by atoms with Crippen molar-refractivity contribution in [1.82, 2.24) is 10.2 Å². The first kappa shape index (κ1) is 31.4. The number of rotatable bonds is 12. The lowest BCUT2D eigenvalue weighted by Gasteiger charge is -2.34. The Morgan fingerprint density at radius 2 is 1.62 bits per heavy atom. The van der Waals surface area contributed by atoms with Crippen molar-refractivity contribution in [2.24, 2.45) is 0 Å². The van der Waals surface area contributed by atoms with E-state index in [4.69, 9.17) is 23.2 Å². The summed E-state index contributed by atoms with van der Waals surface area (Å²) in [6, 6.07) is 18.2. The van der Waals surface area contributed by atoms with Crippen LogP contribution in [-0.2, 0) is 32.6 Å². The van der Waals surface area contributed by atoms with E-state index in [9.17, 15) is 22.4 Å². The smallest absolute Gasteiger partial charge is 0.244 e. The summed E-state index contributed by atoms with van der Waals surface area (Å²) in [5.74, 6) is -1.71. The third-order valence-electron chi connectivity index (χ3n) is 6.45. The molecule has 1 N–H and O–H groups in total. The van der Waals surface area contributed by atoms with Gasteiger partial charge in [-0.05, 0) is 37.1 Å². The summed E-state index contributed by atoms with van der Waals surface area (Å²) in [7, 11) is -4.03. The number of carbonyl (C=O) groups is 2. The van der Waals surface area contributed by atoms with Crippen LogP contribution in [0.3, 0.4) is 0 Å². The minimum absolute atomic E-state index is 0.0134. The van der Waals surface area contributed by atoms with E-state index >= 15 is 0 Å². The maximum absolute atomic E-state index is 14.8. The molecule has 0 saturated carbocycles. The highest BCUT2D eigenvalue weighted by atomic mass is 35.5. The molecule has 0 aliphatic rings. The number of amides is 2. The molecule has 214 valence electrons. The Labute approximate surface area is 244 Å². The Hall–Kier alpha value is -3.14. The van der Waals surface area contributed by atoms with Crippen molar-refractivity contribution in [3.05, 3.63) is 99.8 Å². The zero-order chi connectivity index (χ0) is 29.4. The van der Waals surface area contributed by atoms with Crippen molar-refractivity contribution in [2.75, 3.05) is 17.1 Å². The Bertz CT molecular complexity index is 1440. The normalized spacial score (nSPS) is 12.8. The van der Waals surface area contributed by atoms with Gasteiger partial charge < -0.3 is 10.2 Å². The molecule has 0 bridgehead atoms. The number of nitrogens with zero attached hydrogens (tertiary/aromatic N) is 2. The molecule has 2 amide bonds. The molecule has 3 aromatic carbocycles. The first-order valence-electron chi connectivity index (χ1n) is 12.7. The molecule has 0 spiro atoms. The molecule has 0 saturated heterocycles. The first-order valence-corrected chi connectivity index (χ1v) is 15.3. The van der Waals surface area contributed by atoms with Crippen molar-refractivity contribution < 1.29 is 22.4 Å². The van der Waals surface area contributed by atoms with Gasteiger partial charge >= 0.3 is 0 Å². The lowest BCUT2D eigenvalue weighted by molar-refractivity contribution is -0.140. The number of anilines is 1. The highest BCUT2D eigenvalue weighted by molar-refractivity contribution is 7.92. The third kappa shape index (κ3) is 8.19. The predicted octanol–water partition coefficient (Wildman–Crippen LogP) is 5.45. The molecule has 0 fully saturated rings. The van der Waals surface area contributed by atoms with E-state index in [-0.39, 0.29) is 40.3 Å². The van der Waals surface area contributed by atoms with Crippen molar-refractivity contribution in [2.45, 2.75) is 45.3 Å². The van der Waals surface area contributed by atoms with E-state index in [1.165, 1.54) is 41.3 Å². The molecule has 3 aromatic rings. The van der Waals surface area contributed by atoms with Gasteiger partial charge in [-0.2, -0.15) is 0 Å². The van der Waals surface area contributed by atoms with Crippen molar-refractivity contribution >= 4 is 50.7 Å². The van der Waals surface area contributed by atoms with Gasteiger partial charge in [0.25, 0.3) is 0 Å². The van der Waals surface area contributed by atoms with Crippen LogP contribution in [0.5, 0.6) is 0 Å². The Morgan fingerprint density at radius 3 is 2.25 bits per heavy atom. The number of nitrogens with one attached hydrogen (secondary N) is 1. The molecule has 0 unspecified atom stereocenters. The topological polar surface area (TPSA) is 86.8 Å². The van der Waals surface area contributed by atoms with Crippen LogP contribution < -0.4 is 9.62 Å². The zero-order valence-corrected chi connectivity index (χ0v) is 24.8. The van der Waals surface area contributed by atoms with Crippen molar-refractivity contribution in [3.8, 4) is 0 Å². The lowest BCUT2D eigenvalue weighted by Crippen LogP contribution is -2.54. The molecule has 0 radical (unpaired) electrons. The fraction of sp³-hybridized carbons (Fsp3) is 0.310. The van der Waals surface area contributed by atoms with E-state index in [0.29, 0.717) is 6.42 Å². The van der Waals surface area contributed by atoms with Crippen LogP contribution >= 0.6 is 23.2 Å². The Balaban J connectivity index is 2.10. The van der Waals surface area contributed by atoms with Crippen LogP contribution in [0, 0.1) is 5.82 Å². The summed E-state index contributed by atoms with van der Waals surface area (Å²) in [5.41, 5.74) is 0.965. The van der Waals surface area contributed by atoms with Gasteiger partial charge in [-0.25, -0.2) is 12.8 Å². The second-order valence-electron chi connectivity index (χ2n) is 9.48. The standard InChI is InChI=1S/C29H32Cl2FN3O4S/c1-4-20(2)33-29(37)26(17-21-11-6-5-7-12-21)34(18-22-13-8-9-15-24(22)32)27(36)19-35(40(3,38)39)25-16-10-14-23(30)28(25)31/h5-16,20,26H,4,17-19H2,1-3H3,(H,33,37)/t20-,26-/m0/s1. The summed E-state index contributed by atoms with van der Waals surface area (Å²) in [5, 5.41) is 2.99. The van der Waals surface area contributed by atoms with Gasteiger partial charge in [0.05, 0.1) is 22.0 Å². The third-order valence-corrected chi connectivity index (χ3v) is 8.39. The number of benzene rings is 3. The Kier molecular flexibility index (Phi) is 11.0. The molecule has 0 aliphatic heterocycles. The van der Waals surface area contributed by atoms with Crippen LogP contribution in [0.4, 0.5) is 10.1 Å². The van der Waals surface area contributed by atoms with Crippen LogP contribution in [0.25, 0.3) is 0 Å². The second kappa shape index (κ2) is 14.0. The van der Waals surface area contributed by atoms with Gasteiger partial charge in [-0.15, -0.1) is 0 Å². The fourth-order valence-electron chi connectivity index (χ4n) is 4.08. The molecule has 0 aliphatic carbocycles. The molecule has 7 nitrogen and oxygen atoms in total. The summed E-state index contributed by atoms with van der Waals surface area (Å²) >= 11 is 12.5. The van der Waals surface area contributed by atoms with Gasteiger partial charge in [0.2, 0.25) is 21.8 Å². The monoisotopic (exact) mass is 607 g/mol. The average Bonchev–Trinajstić information content (AvgIpc) is 2.91. The van der Waals surface area contributed by atoms with Crippen LogP contribution in [0.2, 0.25) is 10.0 Å². The predicted molar refractivity (Wildman–Crippen MR) is 157 cm³/mol. The summed E-state index contributed by atoms with van der Waals surface area (Å²) in [6.45, 7) is 2.80. The van der Waals surface area contributed by atoms with Crippen LogP contribution in [0.15, 0.2) is 72.8 Å². The van der Waals surface area contributed by atoms with E-state index in [2.05, 4.69) is 5.32 Å². The SMILES string of the molecule is CC[C@H](C)NC(=O)[C@H](Cc1ccccc1)N(Cc1ccccc1F)C(=O)CN(c1cccc(Cl)c1Cl)S(C)(=O)=O. The first-order chi connectivity index (χ1) is 18.9. The van der Waals surface area contributed by atoms with E-state index in [1.54, 1.807) is 6.07 Å². The highest BCUT2D eigenvalue weighted by Gasteiger charge is 2.34. The maximum atomic E-state index is 14.8. The number of hydrogen-bond acceptors (Lipinski definition) is 4. The summed E-state index contributed by atoms with van der Waals surface area (Å²) < 4.78 is 41.4. The number of halogens is 3. The van der Waals surface area contributed by atoms with Gasteiger partial charge in [0, 0.05) is 24.6 Å². The zero-order valence-electron chi connectivity index (χ0n) is 22.5. The quantitative estimate of drug-likeness (QED) is 0.296. The average molecular weight is 609 g/mol. The summed E-state index contributed by atoms with van der Waals surface area (Å²) in [4.78, 5) is 28.9. The van der Waals surface area contributed by atoms with Gasteiger partial charge in [0.15, 0.2) is 0 Å². The highest BCUT2D eigenvalue weighted by Crippen LogP contribution is 2.34. The van der Waals surface area contributed by atoms with Crippen LogP contribution in [-0.4, -0.2) is 50.0 Å². The molecule has 0 aromatic heterocycles. The minimum atomic E-state index is -4.03. The molecular formula is C29H32Cl2FN3O4S. The second-order valence-corrected chi connectivity index (χ2v) is 12.2. The van der Waals surface area contributed by atoms with Crippen molar-refractivity contribution in [1.29, 1.82) is 0 Å². The van der Waals surface area contributed by atoms with E-state index in [0.717, 1.165) is 16.1 Å². The number of sulfonamides is 1. The van der Waals surface area contributed by atoms with E-state index < -0.39 is 40.2 Å². The number of carbonyl (C=O) groups excluding carboxylic acids is 2. The molecule has 0 heterocycles. The summed E-state index contributed by atoms with van der Waals surface area (Å²) in [6.07, 6.45) is 1.72. The molecule has 11 heteroatoms. The molecule has 2 atom stereocenters. The van der Waals surface area contributed by atoms with Gasteiger partial charge in [-0.1, -0.05) is 84.7 Å². The van der Waals surface area contributed by atoms with Crippen LogP contribution in [0.1, 0.15) is 31.4 Å². The van der Waals surface area contributed by atoms with E-state index in [1.807, 2.05) is 44.2 Å². The van der Waals surface area contributed by atoms with Crippen molar-refractivity contribution in [3.63, 3.8) is 0 Å². The molecular weight excluding hydrogens is 576 g/mol. The van der Waals surface area contributed by atoms with Gasteiger partial charge in [0.1, 0.15) is 18.4 Å². The lowest BCUT2D eigenvalue weighted by atomic mass is 10.0. The molecule has 40 heavy (non-hydrogen) atoms. The number of hydrogen-bond donors (Lipinski definition) is 1. The Morgan fingerprint density at radius 1 is 0.975 bits per heavy atom. The largest absolute Gasteiger partial charge is 0.352 e.